The van der Waals surface area contributed by atoms with Crippen LogP contribution in [0.25, 0.3) is 0 Å². The quantitative estimate of drug-likeness (QED) is 0.782. The molecular weight excluding hydrogens is 372 g/mol. The molecule has 1 amide bonds. The monoisotopic (exact) mass is 399 g/mol. The van der Waals surface area contributed by atoms with Crippen molar-refractivity contribution in [1.29, 1.82) is 0 Å². The first-order valence-corrected chi connectivity index (χ1v) is 10.2. The Morgan fingerprint density at radius 2 is 1.90 bits per heavy atom. The van der Waals surface area contributed by atoms with E-state index in [0.29, 0.717) is 6.54 Å². The van der Waals surface area contributed by atoms with Crippen molar-refractivity contribution < 1.29 is 13.6 Å². The van der Waals surface area contributed by atoms with Gasteiger partial charge in [-0.2, -0.15) is 8.78 Å². The molecule has 2 N–H and O–H groups in total. The predicted molar refractivity (Wildman–Crippen MR) is 109 cm³/mol. The molecule has 1 fully saturated rings. The SMILES string of the molecule is Cc1ccc(C(F)(F)CNCc2ccc3c(c2)CN(C2CCCNC2=O)C3)cc1. The number of amides is 1. The molecule has 2 aliphatic heterocycles. The van der Waals surface area contributed by atoms with Crippen LogP contribution in [0.3, 0.4) is 0 Å². The highest BCUT2D eigenvalue weighted by molar-refractivity contribution is 5.82. The van der Waals surface area contributed by atoms with Crippen LogP contribution in [0.2, 0.25) is 0 Å². The first-order valence-electron chi connectivity index (χ1n) is 10.2. The van der Waals surface area contributed by atoms with Crippen molar-refractivity contribution in [3.8, 4) is 0 Å². The zero-order chi connectivity index (χ0) is 20.4. The van der Waals surface area contributed by atoms with Gasteiger partial charge in [-0.25, -0.2) is 0 Å². The van der Waals surface area contributed by atoms with Gasteiger partial charge in [-0.1, -0.05) is 48.0 Å². The predicted octanol–water partition coefficient (Wildman–Crippen LogP) is 3.47. The van der Waals surface area contributed by atoms with Crippen molar-refractivity contribution in [2.75, 3.05) is 13.1 Å². The molecule has 2 aromatic rings. The summed E-state index contributed by atoms with van der Waals surface area (Å²) in [4.78, 5) is 14.3. The maximum atomic E-state index is 14.4. The van der Waals surface area contributed by atoms with Crippen LogP contribution < -0.4 is 10.6 Å². The number of nitrogens with one attached hydrogen (secondary N) is 2. The molecule has 2 aliphatic rings. The van der Waals surface area contributed by atoms with E-state index >= 15 is 0 Å². The number of aryl methyl sites for hydroxylation is 1. The Bertz CT molecular complexity index is 882. The standard InChI is InChI=1S/C23H27F2N3O/c1-16-4-8-20(9-5-16)23(24,25)15-26-12-17-6-7-18-13-28(14-19(18)11-17)21-3-2-10-27-22(21)29/h4-9,11,21,26H,2-3,10,12-15H2,1H3,(H,27,29). The molecule has 4 rings (SSSR count). The molecule has 1 saturated heterocycles. The summed E-state index contributed by atoms with van der Waals surface area (Å²) in [6, 6.07) is 12.5. The molecule has 1 unspecified atom stereocenters. The van der Waals surface area contributed by atoms with E-state index in [9.17, 15) is 13.6 Å². The molecule has 29 heavy (non-hydrogen) atoms. The molecule has 0 spiro atoms. The number of benzene rings is 2. The molecule has 154 valence electrons. The van der Waals surface area contributed by atoms with Crippen molar-refractivity contribution in [1.82, 2.24) is 15.5 Å². The van der Waals surface area contributed by atoms with E-state index in [4.69, 9.17) is 0 Å². The average Bonchev–Trinajstić information content (AvgIpc) is 3.11. The van der Waals surface area contributed by atoms with Gasteiger partial charge < -0.3 is 10.6 Å². The summed E-state index contributed by atoms with van der Waals surface area (Å²) < 4.78 is 28.8. The number of piperidine rings is 1. The van der Waals surface area contributed by atoms with Gasteiger partial charge in [0, 0.05) is 31.7 Å². The Morgan fingerprint density at radius 3 is 2.66 bits per heavy atom. The second-order valence-electron chi connectivity index (χ2n) is 8.13. The summed E-state index contributed by atoms with van der Waals surface area (Å²) >= 11 is 0. The Kier molecular flexibility index (Phi) is 5.65. The number of hydrogen-bond donors (Lipinski definition) is 2. The van der Waals surface area contributed by atoms with Crippen LogP contribution in [-0.2, 0) is 30.4 Å². The van der Waals surface area contributed by atoms with Crippen molar-refractivity contribution in [2.24, 2.45) is 0 Å². The lowest BCUT2D eigenvalue weighted by molar-refractivity contribution is -0.128. The van der Waals surface area contributed by atoms with Gasteiger partial charge in [0.15, 0.2) is 0 Å². The number of hydrogen-bond acceptors (Lipinski definition) is 3. The molecule has 2 aromatic carbocycles. The fraction of sp³-hybridized carbons (Fsp3) is 0.435. The van der Waals surface area contributed by atoms with Crippen LogP contribution in [0.15, 0.2) is 42.5 Å². The summed E-state index contributed by atoms with van der Waals surface area (Å²) in [6.45, 7) is 4.14. The maximum absolute atomic E-state index is 14.4. The lowest BCUT2D eigenvalue weighted by Gasteiger charge is -2.29. The summed E-state index contributed by atoms with van der Waals surface area (Å²) in [5.74, 6) is -2.79. The van der Waals surface area contributed by atoms with Gasteiger partial charge in [0.2, 0.25) is 5.91 Å². The number of carbonyl (C=O) groups is 1. The molecule has 0 bridgehead atoms. The zero-order valence-corrected chi connectivity index (χ0v) is 16.7. The lowest BCUT2D eigenvalue weighted by atomic mass is 10.1. The third-order valence-electron chi connectivity index (χ3n) is 5.86. The molecule has 6 heteroatoms. The first-order chi connectivity index (χ1) is 13.9. The van der Waals surface area contributed by atoms with E-state index in [1.54, 1.807) is 12.1 Å². The van der Waals surface area contributed by atoms with Gasteiger partial charge in [0.1, 0.15) is 0 Å². The van der Waals surface area contributed by atoms with Crippen molar-refractivity contribution in [2.45, 2.75) is 51.4 Å². The highest BCUT2D eigenvalue weighted by atomic mass is 19.3. The second-order valence-corrected chi connectivity index (χ2v) is 8.13. The van der Waals surface area contributed by atoms with Crippen LogP contribution in [-0.4, -0.2) is 29.9 Å². The topological polar surface area (TPSA) is 44.4 Å². The van der Waals surface area contributed by atoms with Gasteiger partial charge in [0.05, 0.1) is 12.6 Å². The number of carbonyl (C=O) groups excluding carboxylic acids is 1. The summed E-state index contributed by atoms with van der Waals surface area (Å²) in [5, 5.41) is 5.84. The average molecular weight is 399 g/mol. The fourth-order valence-electron chi connectivity index (χ4n) is 4.17. The highest BCUT2D eigenvalue weighted by Crippen LogP contribution is 2.29. The van der Waals surface area contributed by atoms with Crippen molar-refractivity contribution in [3.05, 3.63) is 70.3 Å². The number of nitrogens with zero attached hydrogens (tertiary/aromatic N) is 1. The number of fused-ring (bicyclic) bond motifs is 1. The number of rotatable bonds is 6. The molecule has 0 saturated carbocycles. The third-order valence-corrected chi connectivity index (χ3v) is 5.86. The maximum Gasteiger partial charge on any atom is 0.285 e. The largest absolute Gasteiger partial charge is 0.355 e. The molecular formula is C23H27F2N3O. The minimum atomic E-state index is -2.91. The Labute approximate surface area is 170 Å². The van der Waals surface area contributed by atoms with Gasteiger partial charge in [0.25, 0.3) is 5.92 Å². The minimum absolute atomic E-state index is 0.0333. The van der Waals surface area contributed by atoms with Crippen LogP contribution in [0.1, 0.15) is 40.7 Å². The van der Waals surface area contributed by atoms with Crippen LogP contribution in [0.4, 0.5) is 8.78 Å². The van der Waals surface area contributed by atoms with Gasteiger partial charge in [-0.3, -0.25) is 9.69 Å². The van der Waals surface area contributed by atoms with E-state index in [0.717, 1.165) is 43.6 Å². The zero-order valence-electron chi connectivity index (χ0n) is 16.7. The fourth-order valence-corrected chi connectivity index (χ4v) is 4.17. The van der Waals surface area contributed by atoms with E-state index in [1.807, 2.05) is 13.0 Å². The van der Waals surface area contributed by atoms with Crippen LogP contribution >= 0.6 is 0 Å². The Hall–Kier alpha value is -2.31. The lowest BCUT2D eigenvalue weighted by Crippen LogP contribution is -2.48. The van der Waals surface area contributed by atoms with E-state index in [2.05, 4.69) is 27.7 Å². The van der Waals surface area contributed by atoms with Gasteiger partial charge >= 0.3 is 0 Å². The molecule has 0 radical (unpaired) electrons. The highest BCUT2D eigenvalue weighted by Gasteiger charge is 2.33. The molecule has 4 nitrogen and oxygen atoms in total. The Balaban J connectivity index is 1.34. The second kappa shape index (κ2) is 8.20. The third kappa shape index (κ3) is 4.49. The number of halogens is 2. The van der Waals surface area contributed by atoms with Crippen molar-refractivity contribution in [3.63, 3.8) is 0 Å². The summed E-state index contributed by atoms with van der Waals surface area (Å²) in [6.07, 6.45) is 1.90. The molecule has 1 atom stereocenters. The van der Waals surface area contributed by atoms with Gasteiger partial charge in [-0.15, -0.1) is 0 Å². The van der Waals surface area contributed by atoms with E-state index < -0.39 is 12.5 Å². The summed E-state index contributed by atoms with van der Waals surface area (Å²) in [7, 11) is 0. The van der Waals surface area contributed by atoms with Crippen molar-refractivity contribution >= 4 is 5.91 Å². The minimum Gasteiger partial charge on any atom is -0.355 e. The smallest absolute Gasteiger partial charge is 0.285 e. The Morgan fingerprint density at radius 1 is 1.14 bits per heavy atom. The molecule has 0 aromatic heterocycles. The van der Waals surface area contributed by atoms with E-state index in [-0.39, 0.29) is 17.5 Å². The first kappa shape index (κ1) is 20.0. The van der Waals surface area contributed by atoms with E-state index in [1.165, 1.54) is 23.3 Å². The number of alkyl halides is 2. The van der Waals surface area contributed by atoms with Gasteiger partial charge in [-0.05, 0) is 36.5 Å². The normalized spacial score (nSPS) is 19.8. The molecule has 0 aliphatic carbocycles. The van der Waals surface area contributed by atoms with Crippen LogP contribution in [0, 0.1) is 6.92 Å². The summed E-state index contributed by atoms with van der Waals surface area (Å²) in [5.41, 5.74) is 4.39. The molecule has 2 heterocycles. The van der Waals surface area contributed by atoms with Crippen LogP contribution in [0.5, 0.6) is 0 Å².